The normalized spacial score (nSPS) is 10.3. The molecule has 0 saturated heterocycles. The highest BCUT2D eigenvalue weighted by Crippen LogP contribution is 2.23. The number of anilines is 1. The van der Waals surface area contributed by atoms with Crippen molar-refractivity contribution in [3.05, 3.63) is 59.2 Å². The zero-order valence-electron chi connectivity index (χ0n) is 12.9. The van der Waals surface area contributed by atoms with Gasteiger partial charge in [-0.25, -0.2) is 4.79 Å². The lowest BCUT2D eigenvalue weighted by Crippen LogP contribution is -2.07. The van der Waals surface area contributed by atoms with Crippen molar-refractivity contribution in [3.8, 4) is 5.75 Å². The van der Waals surface area contributed by atoms with Crippen LogP contribution in [0.4, 0.5) is 5.69 Å². The molecule has 2 rings (SSSR count). The first-order chi connectivity index (χ1) is 10.6. The summed E-state index contributed by atoms with van der Waals surface area (Å²) in [5.74, 6) is -0.0447. The summed E-state index contributed by atoms with van der Waals surface area (Å²) in [4.78, 5) is 11.2. The lowest BCUT2D eigenvalue weighted by Gasteiger charge is -2.14. The van der Waals surface area contributed by atoms with Gasteiger partial charge in [0.1, 0.15) is 5.75 Å². The number of hydrogen-bond donors (Lipinski definition) is 2. The third kappa shape index (κ3) is 3.79. The molecule has 0 aliphatic heterocycles. The van der Waals surface area contributed by atoms with E-state index in [1.807, 2.05) is 37.3 Å². The maximum absolute atomic E-state index is 11.2. The predicted octanol–water partition coefficient (Wildman–Crippen LogP) is 4.09. The van der Waals surface area contributed by atoms with E-state index in [0.717, 1.165) is 29.0 Å². The number of nitrogens with one attached hydrogen (secondary N) is 1. The highest BCUT2D eigenvalue weighted by molar-refractivity contribution is 5.91. The topological polar surface area (TPSA) is 58.6 Å². The Morgan fingerprint density at radius 3 is 2.68 bits per heavy atom. The monoisotopic (exact) mass is 299 g/mol. The molecule has 0 atom stereocenters. The summed E-state index contributed by atoms with van der Waals surface area (Å²) in [5, 5.41) is 12.5. The van der Waals surface area contributed by atoms with Gasteiger partial charge in [0.25, 0.3) is 0 Å². The molecule has 4 heteroatoms. The number of hydrogen-bond acceptors (Lipinski definition) is 3. The van der Waals surface area contributed by atoms with Gasteiger partial charge in [-0.15, -0.1) is 0 Å². The summed E-state index contributed by atoms with van der Waals surface area (Å²) >= 11 is 0. The summed E-state index contributed by atoms with van der Waals surface area (Å²) < 4.78 is 5.73. The second kappa shape index (κ2) is 7.50. The Bertz CT molecular complexity index is 653. The molecular weight excluding hydrogens is 278 g/mol. The number of carboxylic acids is 1. The molecule has 0 aromatic heterocycles. The fraction of sp³-hybridized carbons (Fsp3) is 0.278. The Balaban J connectivity index is 2.14. The second-order valence-corrected chi connectivity index (χ2v) is 5.09. The van der Waals surface area contributed by atoms with Crippen molar-refractivity contribution in [1.29, 1.82) is 0 Å². The summed E-state index contributed by atoms with van der Waals surface area (Å²) in [7, 11) is 0. The van der Waals surface area contributed by atoms with Crippen LogP contribution in [0, 0.1) is 6.92 Å². The molecule has 0 radical (unpaired) electrons. The number of ether oxygens (including phenoxy) is 1. The molecule has 22 heavy (non-hydrogen) atoms. The van der Waals surface area contributed by atoms with Gasteiger partial charge in [-0.1, -0.05) is 31.2 Å². The first-order valence-corrected chi connectivity index (χ1v) is 7.41. The lowest BCUT2D eigenvalue weighted by molar-refractivity contribution is 0.0696. The van der Waals surface area contributed by atoms with Gasteiger partial charge in [-0.2, -0.15) is 0 Å². The van der Waals surface area contributed by atoms with E-state index in [9.17, 15) is 4.79 Å². The van der Waals surface area contributed by atoms with Crippen LogP contribution in [0.3, 0.4) is 0 Å². The predicted molar refractivity (Wildman–Crippen MR) is 87.7 cm³/mol. The minimum absolute atomic E-state index is 0.320. The van der Waals surface area contributed by atoms with E-state index in [4.69, 9.17) is 9.84 Å². The number of carboxylic acid groups (broad SMARTS) is 1. The molecule has 0 spiro atoms. The zero-order chi connectivity index (χ0) is 15.9. The number of carbonyl (C=O) groups is 1. The van der Waals surface area contributed by atoms with E-state index in [2.05, 4.69) is 12.2 Å². The van der Waals surface area contributed by atoms with Crippen molar-refractivity contribution >= 4 is 11.7 Å². The molecule has 2 N–H and O–H groups in total. The van der Waals surface area contributed by atoms with Crippen LogP contribution >= 0.6 is 0 Å². The van der Waals surface area contributed by atoms with E-state index < -0.39 is 5.97 Å². The molecule has 0 amide bonds. The summed E-state index contributed by atoms with van der Waals surface area (Å²) in [6.07, 6.45) is 0.960. The van der Waals surface area contributed by atoms with E-state index in [1.54, 1.807) is 12.1 Å². The largest absolute Gasteiger partial charge is 0.493 e. The van der Waals surface area contributed by atoms with E-state index >= 15 is 0 Å². The highest BCUT2D eigenvalue weighted by Gasteiger charge is 2.10. The molecule has 0 saturated carbocycles. The van der Waals surface area contributed by atoms with Crippen LogP contribution in [0.5, 0.6) is 5.75 Å². The standard InChI is InChI=1S/C18H21NO3/c1-3-11-22-17-10-5-4-7-14(17)12-19-16-9-6-8-15(13(16)2)18(20)21/h4-10,19H,3,11-12H2,1-2H3,(H,20,21). The van der Waals surface area contributed by atoms with Crippen molar-refractivity contribution in [1.82, 2.24) is 0 Å². The average molecular weight is 299 g/mol. The van der Waals surface area contributed by atoms with Crippen molar-refractivity contribution in [2.24, 2.45) is 0 Å². The van der Waals surface area contributed by atoms with Gasteiger partial charge in [0.15, 0.2) is 0 Å². The molecule has 0 bridgehead atoms. The molecule has 4 nitrogen and oxygen atoms in total. The first kappa shape index (κ1) is 15.9. The van der Waals surface area contributed by atoms with Crippen LogP contribution in [0.15, 0.2) is 42.5 Å². The Morgan fingerprint density at radius 2 is 1.95 bits per heavy atom. The number of aromatic carboxylic acids is 1. The van der Waals surface area contributed by atoms with E-state index in [1.165, 1.54) is 0 Å². The Morgan fingerprint density at radius 1 is 1.18 bits per heavy atom. The minimum Gasteiger partial charge on any atom is -0.493 e. The molecule has 0 aliphatic rings. The third-order valence-corrected chi connectivity index (χ3v) is 3.47. The second-order valence-electron chi connectivity index (χ2n) is 5.09. The third-order valence-electron chi connectivity index (χ3n) is 3.47. The van der Waals surface area contributed by atoms with Gasteiger partial charge in [0.2, 0.25) is 0 Å². The molecule has 0 aliphatic carbocycles. The number of benzene rings is 2. The van der Waals surface area contributed by atoms with Crippen LogP contribution in [0.1, 0.15) is 34.8 Å². The highest BCUT2D eigenvalue weighted by atomic mass is 16.5. The molecule has 116 valence electrons. The lowest BCUT2D eigenvalue weighted by atomic mass is 10.1. The van der Waals surface area contributed by atoms with Crippen LogP contribution in [-0.4, -0.2) is 17.7 Å². The van der Waals surface area contributed by atoms with Gasteiger partial charge in [-0.05, 0) is 37.1 Å². The quantitative estimate of drug-likeness (QED) is 0.808. The van der Waals surface area contributed by atoms with Gasteiger partial charge in [0, 0.05) is 17.8 Å². The van der Waals surface area contributed by atoms with Crippen molar-refractivity contribution in [3.63, 3.8) is 0 Å². The van der Waals surface area contributed by atoms with Gasteiger partial charge in [-0.3, -0.25) is 0 Å². The van der Waals surface area contributed by atoms with Crippen LogP contribution in [-0.2, 0) is 6.54 Å². The molecule has 2 aromatic rings. The summed E-state index contributed by atoms with van der Waals surface area (Å²) in [6, 6.07) is 13.1. The van der Waals surface area contributed by atoms with Crippen molar-refractivity contribution in [2.45, 2.75) is 26.8 Å². The minimum atomic E-state index is -0.909. The van der Waals surface area contributed by atoms with Crippen LogP contribution < -0.4 is 10.1 Å². The van der Waals surface area contributed by atoms with Gasteiger partial charge < -0.3 is 15.2 Å². The smallest absolute Gasteiger partial charge is 0.336 e. The average Bonchev–Trinajstić information content (AvgIpc) is 2.52. The maximum atomic E-state index is 11.2. The Kier molecular flexibility index (Phi) is 5.42. The molecule has 0 fully saturated rings. The Labute approximate surface area is 130 Å². The van der Waals surface area contributed by atoms with Crippen LogP contribution in [0.25, 0.3) is 0 Å². The fourth-order valence-corrected chi connectivity index (χ4v) is 2.25. The number of para-hydroxylation sites is 1. The molecule has 2 aromatic carbocycles. The van der Waals surface area contributed by atoms with Crippen LogP contribution in [0.2, 0.25) is 0 Å². The molecular formula is C18H21NO3. The summed E-state index contributed by atoms with van der Waals surface area (Å²) in [6.45, 7) is 5.15. The van der Waals surface area contributed by atoms with E-state index in [-0.39, 0.29) is 0 Å². The van der Waals surface area contributed by atoms with Crippen molar-refractivity contribution < 1.29 is 14.6 Å². The fourth-order valence-electron chi connectivity index (χ4n) is 2.25. The zero-order valence-corrected chi connectivity index (χ0v) is 12.9. The van der Waals surface area contributed by atoms with E-state index in [0.29, 0.717) is 18.7 Å². The SMILES string of the molecule is CCCOc1ccccc1CNc1cccc(C(=O)O)c1C. The summed E-state index contributed by atoms with van der Waals surface area (Å²) in [5.41, 5.74) is 2.93. The molecule has 0 unspecified atom stereocenters. The van der Waals surface area contributed by atoms with Gasteiger partial charge >= 0.3 is 5.97 Å². The molecule has 0 heterocycles. The first-order valence-electron chi connectivity index (χ1n) is 7.41. The Hall–Kier alpha value is -2.49. The number of rotatable bonds is 7. The van der Waals surface area contributed by atoms with Gasteiger partial charge in [0.05, 0.1) is 12.2 Å². The van der Waals surface area contributed by atoms with Crippen molar-refractivity contribution in [2.75, 3.05) is 11.9 Å². The maximum Gasteiger partial charge on any atom is 0.336 e.